The van der Waals surface area contributed by atoms with Crippen LogP contribution in [0.5, 0.6) is 23.0 Å². The summed E-state index contributed by atoms with van der Waals surface area (Å²) in [6.45, 7) is 2.25. The van der Waals surface area contributed by atoms with E-state index in [0.29, 0.717) is 139 Å². The van der Waals surface area contributed by atoms with Crippen LogP contribution in [0.15, 0.2) is 109 Å². The number of anilines is 4. The van der Waals surface area contributed by atoms with Gasteiger partial charge in [-0.15, -0.1) is 0 Å². The first-order valence-corrected chi connectivity index (χ1v) is 24.1. The Balaban J connectivity index is 0.000000185. The summed E-state index contributed by atoms with van der Waals surface area (Å²) in [6.07, 6.45) is 3.23. The molecular formula is C55H61N9O8. The zero-order valence-corrected chi connectivity index (χ0v) is 41.0. The highest BCUT2D eigenvalue weighted by Gasteiger charge is 2.45. The van der Waals surface area contributed by atoms with Crippen molar-refractivity contribution in [3.63, 3.8) is 0 Å². The fourth-order valence-electron chi connectivity index (χ4n) is 10.5. The highest BCUT2D eigenvalue weighted by Crippen LogP contribution is 2.42. The third-order valence-electron chi connectivity index (χ3n) is 14.6. The molecule has 0 radical (unpaired) electrons. The van der Waals surface area contributed by atoms with Crippen molar-refractivity contribution in [2.24, 2.45) is 10.8 Å². The molecule has 0 saturated carbocycles. The predicted molar refractivity (Wildman–Crippen MR) is 277 cm³/mol. The second-order valence-corrected chi connectivity index (χ2v) is 18.9. The summed E-state index contributed by atoms with van der Waals surface area (Å²) in [7, 11) is 6.29. The molecule has 1 amide bonds. The number of aromatic nitrogens is 4. The topological polar surface area (TPSA) is 234 Å². The van der Waals surface area contributed by atoms with E-state index in [4.69, 9.17) is 35.4 Å². The molecule has 0 bridgehead atoms. The number of rotatable bonds is 13. The number of nitrogens with zero attached hydrogens (tertiary/aromatic N) is 6. The van der Waals surface area contributed by atoms with Crippen LogP contribution < -0.4 is 45.5 Å². The lowest BCUT2D eigenvalue weighted by molar-refractivity contribution is -0.150. The third kappa shape index (κ3) is 9.88. The number of hydrogen-bond donors (Lipinski definition) is 5. The number of nitrogens with one attached hydrogen (secondary N) is 1. The molecule has 5 aromatic carbocycles. The molecule has 0 unspecified atom stereocenters. The number of benzene rings is 5. The Morgan fingerprint density at radius 1 is 0.611 bits per heavy atom. The first kappa shape index (κ1) is 49.1. The average Bonchev–Trinajstić information content (AvgIpc) is 3.72. The molecule has 17 heteroatoms. The lowest BCUT2D eigenvalue weighted by Gasteiger charge is -2.41. The maximum Gasteiger partial charge on any atom is 0.310 e. The van der Waals surface area contributed by atoms with E-state index in [1.54, 1.807) is 52.7 Å². The number of aliphatic hydroxyl groups excluding tert-OH is 1. The normalized spacial score (nSPS) is 17.8. The number of carbonyl (C=O) groups is 2. The zero-order chi connectivity index (χ0) is 50.6. The zero-order valence-electron chi connectivity index (χ0n) is 41.0. The molecule has 0 spiro atoms. The van der Waals surface area contributed by atoms with Crippen LogP contribution in [0.25, 0.3) is 21.8 Å². The summed E-state index contributed by atoms with van der Waals surface area (Å²) in [5, 5.41) is 25.5. The lowest BCUT2D eigenvalue weighted by atomic mass is 9.72. The fraction of sp³-hybridized carbons (Fsp3) is 0.345. The Morgan fingerprint density at radius 2 is 1.03 bits per heavy atom. The molecule has 2 atom stereocenters. The van der Waals surface area contributed by atoms with Crippen molar-refractivity contribution in [1.82, 2.24) is 25.3 Å². The molecule has 4 heterocycles. The molecule has 10 rings (SSSR count). The molecule has 374 valence electrons. The molecule has 1 aliphatic carbocycles. The van der Waals surface area contributed by atoms with Crippen molar-refractivity contribution in [2.75, 3.05) is 75.9 Å². The number of carbonyl (C=O) groups excluding carboxylic acids is 1. The largest absolute Gasteiger partial charge is 0.493 e. The second kappa shape index (κ2) is 20.8. The van der Waals surface area contributed by atoms with Crippen LogP contribution >= 0.6 is 0 Å². The van der Waals surface area contributed by atoms with Gasteiger partial charge in [-0.3, -0.25) is 9.59 Å². The summed E-state index contributed by atoms with van der Waals surface area (Å²) in [5.74, 6) is 3.19. The average molecular weight is 976 g/mol. The van der Waals surface area contributed by atoms with Crippen molar-refractivity contribution in [1.29, 1.82) is 0 Å². The number of carboxylic acids is 1. The fourth-order valence-corrected chi connectivity index (χ4v) is 10.5. The van der Waals surface area contributed by atoms with E-state index in [1.807, 2.05) is 77.7 Å². The first-order chi connectivity index (χ1) is 34.9. The van der Waals surface area contributed by atoms with Crippen LogP contribution in [0.2, 0.25) is 0 Å². The molecule has 3 aliphatic rings. The highest BCUT2D eigenvalue weighted by atomic mass is 16.5. The minimum Gasteiger partial charge on any atom is -0.493 e. The SMILES string of the molecule is COc1cc2nc(N3CCC(Cc4ccccc4)(C(=O)N[C@H]4c5ccccc5C[C@@H]4O)CC3)nc(N)c2cc1OC.COc1cc2nc(N3CCC(Cc4ccccc4)(C(=O)O)CC3)nc(N)c2cc1OC. The van der Waals surface area contributed by atoms with E-state index in [1.165, 1.54) is 0 Å². The highest BCUT2D eigenvalue weighted by molar-refractivity contribution is 5.93. The van der Waals surface area contributed by atoms with E-state index >= 15 is 0 Å². The van der Waals surface area contributed by atoms with Crippen LogP contribution in [0.1, 0.15) is 54.0 Å². The summed E-state index contributed by atoms with van der Waals surface area (Å²) < 4.78 is 21.6. The van der Waals surface area contributed by atoms with E-state index in [2.05, 4.69) is 37.3 Å². The van der Waals surface area contributed by atoms with Crippen molar-refractivity contribution < 1.29 is 38.7 Å². The number of piperidine rings is 2. The summed E-state index contributed by atoms with van der Waals surface area (Å²) in [5.41, 5.74) is 16.7. The van der Waals surface area contributed by atoms with Gasteiger partial charge in [0.05, 0.1) is 62.4 Å². The van der Waals surface area contributed by atoms with Gasteiger partial charge in [-0.1, -0.05) is 84.9 Å². The van der Waals surface area contributed by atoms with Crippen molar-refractivity contribution in [3.05, 3.63) is 131 Å². The molecule has 2 fully saturated rings. The Labute approximate surface area is 418 Å². The maximum atomic E-state index is 14.1. The Hall–Kier alpha value is -7.92. The number of hydrogen-bond acceptors (Lipinski definition) is 15. The van der Waals surface area contributed by atoms with E-state index in [-0.39, 0.29) is 5.91 Å². The van der Waals surface area contributed by atoms with Gasteiger partial charge in [0.2, 0.25) is 17.8 Å². The van der Waals surface area contributed by atoms with E-state index in [0.717, 1.165) is 22.3 Å². The van der Waals surface area contributed by atoms with Gasteiger partial charge >= 0.3 is 5.97 Å². The van der Waals surface area contributed by atoms with Gasteiger partial charge in [0.1, 0.15) is 11.6 Å². The van der Waals surface area contributed by atoms with Gasteiger partial charge < -0.3 is 55.7 Å². The van der Waals surface area contributed by atoms with Crippen molar-refractivity contribution >= 4 is 57.2 Å². The monoisotopic (exact) mass is 975 g/mol. The molecular weight excluding hydrogens is 915 g/mol. The minimum absolute atomic E-state index is 0.0301. The number of carboxylic acid groups (broad SMARTS) is 1. The number of fused-ring (bicyclic) bond motifs is 3. The van der Waals surface area contributed by atoms with Crippen LogP contribution in [0.3, 0.4) is 0 Å². The molecule has 72 heavy (non-hydrogen) atoms. The quantitative estimate of drug-likeness (QED) is 0.0784. The van der Waals surface area contributed by atoms with E-state index < -0.39 is 28.9 Å². The maximum absolute atomic E-state index is 14.1. The predicted octanol–water partition coefficient (Wildman–Crippen LogP) is 6.98. The smallest absolute Gasteiger partial charge is 0.310 e. The van der Waals surface area contributed by atoms with Crippen molar-refractivity contribution in [3.8, 4) is 23.0 Å². The van der Waals surface area contributed by atoms with Gasteiger partial charge in [-0.25, -0.2) is 9.97 Å². The number of amides is 1. The molecule has 17 nitrogen and oxygen atoms in total. The second-order valence-electron chi connectivity index (χ2n) is 18.9. The first-order valence-electron chi connectivity index (χ1n) is 24.1. The molecule has 2 aromatic heterocycles. The Bertz CT molecular complexity index is 3070. The summed E-state index contributed by atoms with van der Waals surface area (Å²) in [4.78, 5) is 49.0. The van der Waals surface area contributed by atoms with Crippen LogP contribution in [-0.4, -0.2) is 103 Å². The van der Waals surface area contributed by atoms with Crippen molar-refractivity contribution in [2.45, 2.75) is 57.1 Å². The summed E-state index contributed by atoms with van der Waals surface area (Å²) in [6, 6.07) is 34.5. The number of nitrogen functional groups attached to an aromatic ring is 2. The Kier molecular flexibility index (Phi) is 14.2. The number of nitrogens with two attached hydrogens (primary N) is 2. The lowest BCUT2D eigenvalue weighted by Crippen LogP contribution is -2.52. The van der Waals surface area contributed by atoms with Crippen LogP contribution in [0, 0.1) is 10.8 Å². The molecule has 7 aromatic rings. The molecule has 7 N–H and O–H groups in total. The van der Waals surface area contributed by atoms with Gasteiger partial charge in [0.15, 0.2) is 23.0 Å². The van der Waals surface area contributed by atoms with Crippen LogP contribution in [-0.2, 0) is 28.9 Å². The van der Waals surface area contributed by atoms with Gasteiger partial charge in [-0.05, 0) is 72.9 Å². The van der Waals surface area contributed by atoms with Gasteiger partial charge in [0, 0.05) is 55.5 Å². The molecule has 2 saturated heterocycles. The number of aliphatic carboxylic acids is 1. The standard InChI is InChI=1S/C32H35N5O4.C23H26N4O4/c1-40-26-17-23-24(18-27(26)41-2)34-31(36-29(23)33)37-14-12-32(13-15-37,19-20-8-4-3-5-9-20)30(39)35-28-22-11-7-6-10-21(22)16-25(28)38;1-30-18-12-16-17(13-19(18)31-2)25-22(26-20(16)24)27-10-8-23(9-11-27,21(28)29)14-15-6-4-3-5-7-15/h3-11,17-18,25,28,38H,12-16,19H2,1-2H3,(H,35,39)(H2,33,34,36);3-7,12-13H,8-11,14H2,1-2H3,(H,28,29)(H2,24,25,26)/t25-,28-;/m0./s1. The number of ether oxygens (including phenoxy) is 4. The minimum atomic E-state index is -0.795. The van der Waals surface area contributed by atoms with E-state index in [9.17, 15) is 19.8 Å². The molecule has 2 aliphatic heterocycles. The third-order valence-corrected chi connectivity index (χ3v) is 14.6. The number of methoxy groups -OCH3 is 4. The van der Waals surface area contributed by atoms with Gasteiger partial charge in [0.25, 0.3) is 0 Å². The van der Waals surface area contributed by atoms with Crippen LogP contribution in [0.4, 0.5) is 23.5 Å². The Morgan fingerprint density at radius 3 is 1.49 bits per heavy atom. The number of aliphatic hydroxyl groups is 1. The van der Waals surface area contributed by atoms with Gasteiger partial charge in [-0.2, -0.15) is 9.97 Å². The summed E-state index contributed by atoms with van der Waals surface area (Å²) >= 11 is 0.